The van der Waals surface area contributed by atoms with Crippen LogP contribution in [-0.2, 0) is 25.5 Å². The molecule has 1 aromatic rings. The molecule has 6 nitrogen and oxygen atoms in total. The summed E-state index contributed by atoms with van der Waals surface area (Å²) in [6.45, 7) is 0.812. The minimum atomic E-state index is -0.609. The first-order chi connectivity index (χ1) is 14.2. The summed E-state index contributed by atoms with van der Waals surface area (Å²) in [6.07, 6.45) is 13.2. The lowest BCUT2D eigenvalue weighted by atomic mass is 9.85. The summed E-state index contributed by atoms with van der Waals surface area (Å²) in [4.78, 5) is 43.6. The van der Waals surface area contributed by atoms with Crippen molar-refractivity contribution in [3.63, 3.8) is 0 Å². The third kappa shape index (κ3) is 6.12. The number of Topliss-reactive ketones (excluding diaryl/α,β-unsaturated/α-hetero) is 1. The van der Waals surface area contributed by atoms with Gasteiger partial charge in [-0.2, -0.15) is 0 Å². The fourth-order valence-electron chi connectivity index (χ4n) is 4.35. The summed E-state index contributed by atoms with van der Waals surface area (Å²) in [5.74, 6) is -1.31. The van der Waals surface area contributed by atoms with Crippen LogP contribution in [0.4, 0.5) is 0 Å². The zero-order chi connectivity index (χ0) is 20.5. The molecule has 1 aromatic heterocycles. The van der Waals surface area contributed by atoms with Crippen molar-refractivity contribution in [3.05, 3.63) is 30.1 Å². The number of ether oxygens (including phenoxy) is 1. The van der Waals surface area contributed by atoms with Crippen LogP contribution in [0.15, 0.2) is 24.5 Å². The Hall–Kier alpha value is -2.24. The molecule has 1 saturated heterocycles. The number of carbonyl (C=O) groups excluding carboxylic acids is 3. The standard InChI is InChI=1S/C23H32N2O4/c26-21(19-11-2-1-3-12-19)22(27)25-15-6-4-13-20(25)23(28)29-16-7-5-9-18-10-8-14-24-17-18/h8,10,14,17,19-20H,1-7,9,11-13,15-16H2. The van der Waals surface area contributed by atoms with Crippen molar-refractivity contribution >= 4 is 17.7 Å². The molecule has 0 spiro atoms. The van der Waals surface area contributed by atoms with Gasteiger partial charge in [-0.05, 0) is 63.0 Å². The number of pyridine rings is 1. The number of hydrogen-bond donors (Lipinski definition) is 0. The van der Waals surface area contributed by atoms with Crippen molar-refractivity contribution in [1.82, 2.24) is 9.88 Å². The number of unbranched alkanes of at least 4 members (excludes halogenated alkanes) is 1. The predicted molar refractivity (Wildman–Crippen MR) is 109 cm³/mol. The highest BCUT2D eigenvalue weighted by Crippen LogP contribution is 2.26. The number of hydrogen-bond acceptors (Lipinski definition) is 5. The van der Waals surface area contributed by atoms with Gasteiger partial charge in [-0.1, -0.05) is 25.3 Å². The topological polar surface area (TPSA) is 76.6 Å². The van der Waals surface area contributed by atoms with Gasteiger partial charge in [-0.3, -0.25) is 14.6 Å². The molecule has 2 aliphatic rings. The molecule has 3 rings (SSSR count). The Kier molecular flexibility index (Phi) is 8.20. The highest BCUT2D eigenvalue weighted by atomic mass is 16.5. The molecule has 1 amide bonds. The summed E-state index contributed by atoms with van der Waals surface area (Å²) in [7, 11) is 0. The molecular weight excluding hydrogens is 368 g/mol. The molecule has 2 heterocycles. The predicted octanol–water partition coefficient (Wildman–Crippen LogP) is 3.48. The summed E-state index contributed by atoms with van der Waals surface area (Å²) < 4.78 is 5.47. The molecule has 1 atom stereocenters. The molecule has 2 fully saturated rings. The van der Waals surface area contributed by atoms with Crippen molar-refractivity contribution in [2.75, 3.05) is 13.2 Å². The number of amides is 1. The van der Waals surface area contributed by atoms with E-state index in [2.05, 4.69) is 4.98 Å². The Bertz CT molecular complexity index is 685. The van der Waals surface area contributed by atoms with Crippen molar-refractivity contribution in [2.24, 2.45) is 5.92 Å². The number of aryl methyl sites for hydroxylation is 1. The van der Waals surface area contributed by atoms with Gasteiger partial charge in [0.15, 0.2) is 0 Å². The molecule has 1 saturated carbocycles. The maximum Gasteiger partial charge on any atom is 0.328 e. The smallest absolute Gasteiger partial charge is 0.328 e. The second-order valence-corrected chi connectivity index (χ2v) is 8.20. The normalized spacial score (nSPS) is 20.3. The van der Waals surface area contributed by atoms with Gasteiger partial charge >= 0.3 is 5.97 Å². The Morgan fingerprint density at radius 2 is 1.83 bits per heavy atom. The van der Waals surface area contributed by atoms with Gasteiger partial charge in [0.1, 0.15) is 6.04 Å². The van der Waals surface area contributed by atoms with Gasteiger partial charge in [0.05, 0.1) is 6.61 Å². The van der Waals surface area contributed by atoms with E-state index >= 15 is 0 Å². The first-order valence-corrected chi connectivity index (χ1v) is 11.1. The van der Waals surface area contributed by atoms with Gasteiger partial charge in [0, 0.05) is 24.9 Å². The summed E-state index contributed by atoms with van der Waals surface area (Å²) in [6, 6.07) is 3.34. The number of piperidine rings is 1. The molecule has 1 aliphatic heterocycles. The van der Waals surface area contributed by atoms with Gasteiger partial charge in [-0.15, -0.1) is 0 Å². The summed E-state index contributed by atoms with van der Waals surface area (Å²) in [5, 5.41) is 0. The molecular formula is C23H32N2O4. The van der Waals surface area contributed by atoms with E-state index in [0.717, 1.165) is 64.2 Å². The van der Waals surface area contributed by atoms with Crippen LogP contribution in [0.25, 0.3) is 0 Å². The van der Waals surface area contributed by atoms with Crippen LogP contribution in [-0.4, -0.2) is 46.7 Å². The minimum absolute atomic E-state index is 0.165. The van der Waals surface area contributed by atoms with Crippen LogP contribution >= 0.6 is 0 Å². The Labute approximate surface area is 173 Å². The molecule has 1 aliphatic carbocycles. The van der Waals surface area contributed by atoms with Gasteiger partial charge < -0.3 is 9.64 Å². The van der Waals surface area contributed by atoms with Crippen LogP contribution in [0.2, 0.25) is 0 Å². The SMILES string of the molecule is O=C(C(=O)N1CCCCC1C(=O)OCCCCc1cccnc1)C1CCCCC1. The van der Waals surface area contributed by atoms with E-state index in [1.54, 1.807) is 6.20 Å². The maximum atomic E-state index is 12.8. The average Bonchev–Trinajstić information content (AvgIpc) is 2.79. The van der Waals surface area contributed by atoms with Crippen molar-refractivity contribution in [2.45, 2.75) is 76.7 Å². The summed E-state index contributed by atoms with van der Waals surface area (Å²) in [5.41, 5.74) is 1.17. The lowest BCUT2D eigenvalue weighted by molar-refractivity contribution is -0.160. The number of rotatable bonds is 8. The third-order valence-corrected chi connectivity index (χ3v) is 6.05. The van der Waals surface area contributed by atoms with E-state index in [1.807, 2.05) is 18.3 Å². The largest absolute Gasteiger partial charge is 0.464 e. The fourth-order valence-corrected chi connectivity index (χ4v) is 4.35. The second kappa shape index (κ2) is 11.1. The molecule has 0 aromatic carbocycles. The van der Waals surface area contributed by atoms with E-state index in [1.165, 1.54) is 10.5 Å². The number of ketones is 1. The van der Waals surface area contributed by atoms with Crippen LogP contribution in [0.5, 0.6) is 0 Å². The first-order valence-electron chi connectivity index (χ1n) is 11.1. The van der Waals surface area contributed by atoms with E-state index in [9.17, 15) is 14.4 Å². The van der Waals surface area contributed by atoms with Crippen molar-refractivity contribution in [1.29, 1.82) is 0 Å². The molecule has 0 radical (unpaired) electrons. The zero-order valence-electron chi connectivity index (χ0n) is 17.2. The first kappa shape index (κ1) is 21.5. The van der Waals surface area contributed by atoms with Crippen LogP contribution in [0.3, 0.4) is 0 Å². The lowest BCUT2D eigenvalue weighted by Crippen LogP contribution is -2.52. The Morgan fingerprint density at radius 3 is 2.59 bits per heavy atom. The maximum absolute atomic E-state index is 12.8. The number of carbonyl (C=O) groups is 3. The van der Waals surface area contributed by atoms with Crippen LogP contribution in [0, 0.1) is 5.92 Å². The average molecular weight is 401 g/mol. The second-order valence-electron chi connectivity index (χ2n) is 8.20. The molecule has 0 N–H and O–H groups in total. The molecule has 158 valence electrons. The van der Waals surface area contributed by atoms with Crippen molar-refractivity contribution in [3.8, 4) is 0 Å². The highest BCUT2D eigenvalue weighted by molar-refractivity contribution is 6.37. The Balaban J connectivity index is 1.45. The number of aromatic nitrogens is 1. The van der Waals surface area contributed by atoms with Crippen LogP contribution < -0.4 is 0 Å². The van der Waals surface area contributed by atoms with Crippen LogP contribution in [0.1, 0.15) is 69.8 Å². The molecule has 0 bridgehead atoms. The Morgan fingerprint density at radius 1 is 1.03 bits per heavy atom. The van der Waals surface area contributed by atoms with Gasteiger partial charge in [-0.25, -0.2) is 4.79 Å². The van der Waals surface area contributed by atoms with Gasteiger partial charge in [0.2, 0.25) is 5.78 Å². The number of likely N-dealkylation sites (tertiary alicyclic amines) is 1. The molecule has 6 heteroatoms. The lowest BCUT2D eigenvalue weighted by Gasteiger charge is -2.34. The highest BCUT2D eigenvalue weighted by Gasteiger charge is 2.38. The summed E-state index contributed by atoms with van der Waals surface area (Å²) >= 11 is 0. The van der Waals surface area contributed by atoms with E-state index in [4.69, 9.17) is 4.74 Å². The van der Waals surface area contributed by atoms with E-state index in [0.29, 0.717) is 19.6 Å². The number of esters is 1. The molecule has 29 heavy (non-hydrogen) atoms. The zero-order valence-corrected chi connectivity index (χ0v) is 17.2. The molecule has 1 unspecified atom stereocenters. The van der Waals surface area contributed by atoms with E-state index < -0.39 is 11.9 Å². The van der Waals surface area contributed by atoms with Crippen molar-refractivity contribution < 1.29 is 19.1 Å². The van der Waals surface area contributed by atoms with E-state index in [-0.39, 0.29) is 17.7 Å². The third-order valence-electron chi connectivity index (χ3n) is 6.05. The monoisotopic (exact) mass is 400 g/mol. The fraction of sp³-hybridized carbons (Fsp3) is 0.652. The number of nitrogens with zero attached hydrogens (tertiary/aromatic N) is 2. The van der Waals surface area contributed by atoms with Gasteiger partial charge in [0.25, 0.3) is 5.91 Å². The minimum Gasteiger partial charge on any atom is -0.464 e. The quantitative estimate of drug-likeness (QED) is 0.379.